The predicted octanol–water partition coefficient (Wildman–Crippen LogP) is 1.68. The van der Waals surface area contributed by atoms with Gasteiger partial charge in [-0.1, -0.05) is 19.8 Å². The largest absolute Gasteiger partial charge is 0.352 e. The van der Waals surface area contributed by atoms with Crippen molar-refractivity contribution in [1.82, 2.24) is 10.6 Å². The molecule has 0 aromatic heterocycles. The monoisotopic (exact) mass is 246 g/mol. The summed E-state index contributed by atoms with van der Waals surface area (Å²) in [4.78, 5) is 11.8. The van der Waals surface area contributed by atoms with Crippen molar-refractivity contribution >= 4 is 5.91 Å². The molecule has 1 saturated carbocycles. The lowest BCUT2D eigenvalue weighted by molar-refractivity contribution is -0.124. The Labute approximate surface area is 100 Å². The van der Waals surface area contributed by atoms with Crippen molar-refractivity contribution in [3.05, 3.63) is 0 Å². The van der Waals surface area contributed by atoms with E-state index >= 15 is 0 Å². The third-order valence-corrected chi connectivity index (χ3v) is 3.71. The zero-order chi connectivity index (χ0) is 12.5. The van der Waals surface area contributed by atoms with E-state index in [0.717, 1.165) is 19.3 Å². The summed E-state index contributed by atoms with van der Waals surface area (Å²) < 4.78 is 25.9. The SMILES string of the molecule is CC1CCCC(NC(=O)C2CC(F)(F)CN2)C1. The number of hydrogen-bond acceptors (Lipinski definition) is 2. The van der Waals surface area contributed by atoms with E-state index in [1.54, 1.807) is 0 Å². The summed E-state index contributed by atoms with van der Waals surface area (Å²) in [5, 5.41) is 5.48. The van der Waals surface area contributed by atoms with E-state index in [-0.39, 0.29) is 24.9 Å². The van der Waals surface area contributed by atoms with Crippen molar-refractivity contribution in [2.24, 2.45) is 5.92 Å². The highest BCUT2D eigenvalue weighted by Gasteiger charge is 2.42. The van der Waals surface area contributed by atoms with E-state index in [9.17, 15) is 13.6 Å². The summed E-state index contributed by atoms with van der Waals surface area (Å²) in [6.45, 7) is 1.78. The number of amides is 1. The minimum atomic E-state index is -2.73. The maximum absolute atomic E-state index is 13.0. The average Bonchev–Trinajstić information content (AvgIpc) is 2.59. The number of nitrogens with one attached hydrogen (secondary N) is 2. The van der Waals surface area contributed by atoms with Gasteiger partial charge in [-0.15, -0.1) is 0 Å². The van der Waals surface area contributed by atoms with Crippen LogP contribution in [0.1, 0.15) is 39.0 Å². The molecule has 17 heavy (non-hydrogen) atoms. The topological polar surface area (TPSA) is 41.1 Å². The van der Waals surface area contributed by atoms with E-state index in [4.69, 9.17) is 0 Å². The summed E-state index contributed by atoms with van der Waals surface area (Å²) in [7, 11) is 0. The molecule has 0 bridgehead atoms. The molecular formula is C12H20F2N2O. The molecule has 3 nitrogen and oxygen atoms in total. The molecule has 1 aliphatic carbocycles. The molecule has 0 aromatic rings. The average molecular weight is 246 g/mol. The van der Waals surface area contributed by atoms with Gasteiger partial charge in [0.05, 0.1) is 12.6 Å². The Morgan fingerprint density at radius 3 is 2.76 bits per heavy atom. The molecule has 2 rings (SSSR count). The zero-order valence-electron chi connectivity index (χ0n) is 10.1. The molecule has 0 radical (unpaired) electrons. The summed E-state index contributed by atoms with van der Waals surface area (Å²) >= 11 is 0. The van der Waals surface area contributed by atoms with Gasteiger partial charge in [0, 0.05) is 12.5 Å². The molecule has 1 heterocycles. The fourth-order valence-corrected chi connectivity index (χ4v) is 2.77. The Morgan fingerprint density at radius 1 is 1.41 bits per heavy atom. The van der Waals surface area contributed by atoms with Crippen molar-refractivity contribution in [2.45, 2.75) is 57.0 Å². The normalized spacial score (nSPS) is 36.8. The van der Waals surface area contributed by atoms with Gasteiger partial charge in [-0.25, -0.2) is 8.78 Å². The quantitative estimate of drug-likeness (QED) is 0.778. The molecule has 1 amide bonds. The van der Waals surface area contributed by atoms with Crippen LogP contribution in [-0.2, 0) is 4.79 Å². The van der Waals surface area contributed by atoms with Gasteiger partial charge in [0.25, 0.3) is 5.92 Å². The van der Waals surface area contributed by atoms with Crippen molar-refractivity contribution < 1.29 is 13.6 Å². The smallest absolute Gasteiger partial charge is 0.262 e. The lowest BCUT2D eigenvalue weighted by Gasteiger charge is -2.28. The molecule has 3 unspecified atom stereocenters. The molecule has 0 aromatic carbocycles. The van der Waals surface area contributed by atoms with Crippen LogP contribution >= 0.6 is 0 Å². The summed E-state index contributed by atoms with van der Waals surface area (Å²) in [5.74, 6) is -2.38. The van der Waals surface area contributed by atoms with Gasteiger partial charge in [0.1, 0.15) is 0 Å². The highest BCUT2D eigenvalue weighted by molar-refractivity contribution is 5.82. The number of halogens is 2. The van der Waals surface area contributed by atoms with E-state index in [1.807, 2.05) is 0 Å². The molecule has 5 heteroatoms. The van der Waals surface area contributed by atoms with Crippen LogP contribution in [0.2, 0.25) is 0 Å². The Kier molecular flexibility index (Phi) is 3.66. The Bertz CT molecular complexity index is 296. The summed E-state index contributed by atoms with van der Waals surface area (Å²) in [6, 6.07) is -0.551. The number of carbonyl (C=O) groups excluding carboxylic acids is 1. The molecule has 1 saturated heterocycles. The summed E-state index contributed by atoms with van der Waals surface area (Å²) in [6.07, 6.45) is 3.88. The Morgan fingerprint density at radius 2 is 2.18 bits per heavy atom. The number of alkyl halides is 2. The lowest BCUT2D eigenvalue weighted by atomic mass is 9.87. The number of carbonyl (C=O) groups is 1. The van der Waals surface area contributed by atoms with Crippen LogP contribution in [0.4, 0.5) is 8.78 Å². The minimum absolute atomic E-state index is 0.169. The first kappa shape index (κ1) is 12.7. The van der Waals surface area contributed by atoms with Gasteiger partial charge < -0.3 is 5.32 Å². The van der Waals surface area contributed by atoms with Gasteiger partial charge in [-0.05, 0) is 18.8 Å². The highest BCUT2D eigenvalue weighted by atomic mass is 19.3. The molecule has 2 fully saturated rings. The first-order valence-corrected chi connectivity index (χ1v) is 6.38. The van der Waals surface area contributed by atoms with Crippen LogP contribution in [0, 0.1) is 5.92 Å². The van der Waals surface area contributed by atoms with Crippen LogP contribution < -0.4 is 10.6 Å². The Hall–Kier alpha value is -0.710. The maximum Gasteiger partial charge on any atom is 0.262 e. The third-order valence-electron chi connectivity index (χ3n) is 3.71. The van der Waals surface area contributed by atoms with Gasteiger partial charge in [-0.3, -0.25) is 10.1 Å². The van der Waals surface area contributed by atoms with Gasteiger partial charge in [0.2, 0.25) is 5.91 Å². The fourth-order valence-electron chi connectivity index (χ4n) is 2.77. The second-order valence-corrected chi connectivity index (χ2v) is 5.47. The molecule has 1 aliphatic heterocycles. The second-order valence-electron chi connectivity index (χ2n) is 5.47. The number of hydrogen-bond donors (Lipinski definition) is 2. The standard InChI is InChI=1S/C12H20F2N2O/c1-8-3-2-4-9(5-8)16-11(17)10-6-12(13,14)7-15-10/h8-10,15H,2-7H2,1H3,(H,16,17). The van der Waals surface area contributed by atoms with Crippen molar-refractivity contribution in [3.8, 4) is 0 Å². The van der Waals surface area contributed by atoms with E-state index in [1.165, 1.54) is 6.42 Å². The van der Waals surface area contributed by atoms with E-state index < -0.39 is 12.0 Å². The van der Waals surface area contributed by atoms with Gasteiger partial charge >= 0.3 is 0 Å². The maximum atomic E-state index is 13.0. The summed E-state index contributed by atoms with van der Waals surface area (Å²) in [5.41, 5.74) is 0. The van der Waals surface area contributed by atoms with E-state index in [0.29, 0.717) is 5.92 Å². The zero-order valence-corrected chi connectivity index (χ0v) is 10.1. The van der Waals surface area contributed by atoms with Crippen LogP contribution in [0.5, 0.6) is 0 Å². The first-order chi connectivity index (χ1) is 7.96. The minimum Gasteiger partial charge on any atom is -0.352 e. The van der Waals surface area contributed by atoms with Crippen LogP contribution in [0.3, 0.4) is 0 Å². The molecule has 3 atom stereocenters. The molecule has 98 valence electrons. The molecular weight excluding hydrogens is 226 g/mol. The lowest BCUT2D eigenvalue weighted by Crippen LogP contribution is -2.46. The fraction of sp³-hybridized carbons (Fsp3) is 0.917. The van der Waals surface area contributed by atoms with Crippen molar-refractivity contribution in [3.63, 3.8) is 0 Å². The second kappa shape index (κ2) is 4.88. The highest BCUT2D eigenvalue weighted by Crippen LogP contribution is 2.26. The Balaban J connectivity index is 1.81. The first-order valence-electron chi connectivity index (χ1n) is 6.38. The van der Waals surface area contributed by atoms with E-state index in [2.05, 4.69) is 17.6 Å². The van der Waals surface area contributed by atoms with Crippen LogP contribution in [-0.4, -0.2) is 30.5 Å². The van der Waals surface area contributed by atoms with Gasteiger partial charge in [-0.2, -0.15) is 0 Å². The van der Waals surface area contributed by atoms with Crippen LogP contribution in [0.15, 0.2) is 0 Å². The third kappa shape index (κ3) is 3.37. The van der Waals surface area contributed by atoms with Crippen molar-refractivity contribution in [1.29, 1.82) is 0 Å². The molecule has 2 N–H and O–H groups in total. The van der Waals surface area contributed by atoms with Gasteiger partial charge in [0.15, 0.2) is 0 Å². The van der Waals surface area contributed by atoms with Crippen LogP contribution in [0.25, 0.3) is 0 Å². The molecule has 2 aliphatic rings. The van der Waals surface area contributed by atoms with Crippen molar-refractivity contribution in [2.75, 3.05) is 6.54 Å². The molecule has 0 spiro atoms. The predicted molar refractivity (Wildman–Crippen MR) is 60.9 cm³/mol. The number of rotatable bonds is 2.